The van der Waals surface area contributed by atoms with Gasteiger partial charge in [-0.15, -0.1) is 11.3 Å². The summed E-state index contributed by atoms with van der Waals surface area (Å²) in [5, 5.41) is 0. The third-order valence-corrected chi connectivity index (χ3v) is 3.58. The Hall–Kier alpha value is -0.780. The highest BCUT2D eigenvalue weighted by atomic mass is 35.5. The fraction of sp³-hybridized carbons (Fsp3) is 0.500. The Balaban J connectivity index is 1.97. The molecule has 1 aromatic heterocycles. The summed E-state index contributed by atoms with van der Waals surface area (Å²) in [6, 6.07) is 4.39. The third kappa shape index (κ3) is 3.10. The average molecular weight is 259 g/mol. The van der Waals surface area contributed by atoms with Crippen LogP contribution in [0.4, 0.5) is 0 Å². The monoisotopic (exact) mass is 258 g/mol. The van der Waals surface area contributed by atoms with Gasteiger partial charge >= 0.3 is 0 Å². The predicted octanol–water partition coefficient (Wildman–Crippen LogP) is 1.81. The van der Waals surface area contributed by atoms with Gasteiger partial charge in [-0.3, -0.25) is 5.43 Å². The molecule has 1 aliphatic rings. The number of thiophene rings is 1. The van der Waals surface area contributed by atoms with Gasteiger partial charge in [0, 0.05) is 11.9 Å². The van der Waals surface area contributed by atoms with E-state index in [1.165, 1.54) is 17.7 Å². The van der Waals surface area contributed by atoms with Crippen LogP contribution in [0, 0.1) is 0 Å². The Labute approximate surface area is 104 Å². The maximum absolute atomic E-state index is 5.88. The van der Waals surface area contributed by atoms with Crippen molar-refractivity contribution in [2.75, 3.05) is 7.05 Å². The van der Waals surface area contributed by atoms with E-state index >= 15 is 0 Å². The molecule has 6 heteroatoms. The zero-order chi connectivity index (χ0) is 11.5. The first-order chi connectivity index (χ1) is 7.69. The van der Waals surface area contributed by atoms with Crippen LogP contribution in [0.15, 0.2) is 17.1 Å². The summed E-state index contributed by atoms with van der Waals surface area (Å²) in [7, 11) is 1.97. The van der Waals surface area contributed by atoms with Crippen molar-refractivity contribution in [2.24, 2.45) is 10.8 Å². The van der Waals surface area contributed by atoms with Crippen LogP contribution in [0.5, 0.6) is 0 Å². The molecule has 1 fully saturated rings. The van der Waals surface area contributed by atoms with Crippen molar-refractivity contribution < 1.29 is 0 Å². The number of rotatable bonds is 3. The second-order valence-corrected chi connectivity index (χ2v) is 5.69. The number of nitrogens with zero attached hydrogens (tertiary/aromatic N) is 2. The summed E-state index contributed by atoms with van der Waals surface area (Å²) in [4.78, 5) is 7.69. The van der Waals surface area contributed by atoms with E-state index in [9.17, 15) is 0 Å². The number of guanidine groups is 1. The highest BCUT2D eigenvalue weighted by Crippen LogP contribution is 2.25. The van der Waals surface area contributed by atoms with Crippen molar-refractivity contribution in [2.45, 2.75) is 25.4 Å². The lowest BCUT2D eigenvalue weighted by Crippen LogP contribution is -2.42. The van der Waals surface area contributed by atoms with Crippen LogP contribution in [0.3, 0.4) is 0 Å². The number of nitrogens with two attached hydrogens (primary N) is 1. The Bertz CT molecular complexity index is 386. The molecule has 16 heavy (non-hydrogen) atoms. The standard InChI is InChI=1S/C10H15ClN4S/c1-15(6-8-4-5-9(11)16-8)10(14-12)13-7-2-3-7/h4-5,7H,2-3,6,12H2,1H3,(H,13,14). The topological polar surface area (TPSA) is 53.6 Å². The van der Waals surface area contributed by atoms with Crippen LogP contribution >= 0.6 is 22.9 Å². The molecule has 0 saturated heterocycles. The molecule has 0 unspecified atom stereocenters. The van der Waals surface area contributed by atoms with Crippen LogP contribution in [0.2, 0.25) is 4.34 Å². The molecule has 1 heterocycles. The molecule has 0 aliphatic heterocycles. The van der Waals surface area contributed by atoms with Crippen molar-refractivity contribution in [3.05, 3.63) is 21.3 Å². The fourth-order valence-corrected chi connectivity index (χ4v) is 2.51. The minimum Gasteiger partial charge on any atom is -0.340 e. The average Bonchev–Trinajstić information content (AvgIpc) is 2.98. The summed E-state index contributed by atoms with van der Waals surface area (Å²) in [6.07, 6.45) is 2.34. The number of hydrogen-bond acceptors (Lipinski definition) is 3. The predicted molar refractivity (Wildman–Crippen MR) is 68.6 cm³/mol. The van der Waals surface area contributed by atoms with E-state index in [-0.39, 0.29) is 0 Å². The van der Waals surface area contributed by atoms with Crippen molar-refractivity contribution in [3.8, 4) is 0 Å². The molecule has 1 aromatic rings. The maximum Gasteiger partial charge on any atom is 0.208 e. The van der Waals surface area contributed by atoms with Gasteiger partial charge in [-0.25, -0.2) is 10.8 Å². The van der Waals surface area contributed by atoms with Crippen molar-refractivity contribution in [1.82, 2.24) is 10.3 Å². The van der Waals surface area contributed by atoms with E-state index in [1.54, 1.807) is 11.3 Å². The van der Waals surface area contributed by atoms with Crippen LogP contribution in [-0.4, -0.2) is 23.9 Å². The molecule has 88 valence electrons. The first-order valence-electron chi connectivity index (χ1n) is 5.19. The molecule has 2 rings (SSSR count). The van der Waals surface area contributed by atoms with Gasteiger partial charge in [0.2, 0.25) is 5.96 Å². The molecule has 0 atom stereocenters. The minimum atomic E-state index is 0.459. The van der Waals surface area contributed by atoms with Gasteiger partial charge in [-0.1, -0.05) is 11.6 Å². The van der Waals surface area contributed by atoms with E-state index in [0.29, 0.717) is 6.04 Å². The van der Waals surface area contributed by atoms with E-state index in [2.05, 4.69) is 10.4 Å². The van der Waals surface area contributed by atoms with Crippen molar-refractivity contribution in [1.29, 1.82) is 0 Å². The summed E-state index contributed by atoms with van der Waals surface area (Å²) in [5.74, 6) is 6.21. The highest BCUT2D eigenvalue weighted by Gasteiger charge is 2.22. The molecule has 0 radical (unpaired) electrons. The van der Waals surface area contributed by atoms with Gasteiger partial charge < -0.3 is 4.90 Å². The Morgan fingerprint density at radius 3 is 2.94 bits per heavy atom. The van der Waals surface area contributed by atoms with E-state index in [1.807, 2.05) is 24.1 Å². The lowest BCUT2D eigenvalue weighted by molar-refractivity contribution is 0.481. The number of hydrogen-bond donors (Lipinski definition) is 2. The molecule has 0 amide bonds. The quantitative estimate of drug-likeness (QED) is 0.376. The second kappa shape index (κ2) is 5.03. The van der Waals surface area contributed by atoms with E-state index in [0.717, 1.165) is 16.8 Å². The van der Waals surface area contributed by atoms with Crippen LogP contribution in [0.1, 0.15) is 17.7 Å². The molecular weight excluding hydrogens is 244 g/mol. The van der Waals surface area contributed by atoms with Gasteiger partial charge in [0.1, 0.15) is 0 Å². The molecule has 0 aromatic carbocycles. The number of halogens is 1. The third-order valence-electron chi connectivity index (χ3n) is 2.36. The van der Waals surface area contributed by atoms with E-state index in [4.69, 9.17) is 17.4 Å². The Morgan fingerprint density at radius 1 is 1.69 bits per heavy atom. The lowest BCUT2D eigenvalue weighted by Gasteiger charge is -2.19. The molecule has 1 aliphatic carbocycles. The van der Waals surface area contributed by atoms with Gasteiger partial charge in [0.15, 0.2) is 0 Å². The van der Waals surface area contributed by atoms with Gasteiger partial charge in [-0.2, -0.15) is 0 Å². The summed E-state index contributed by atoms with van der Waals surface area (Å²) >= 11 is 7.46. The lowest BCUT2D eigenvalue weighted by atomic mass is 10.4. The van der Waals surface area contributed by atoms with Crippen LogP contribution in [0.25, 0.3) is 0 Å². The molecule has 3 N–H and O–H groups in total. The van der Waals surface area contributed by atoms with Gasteiger partial charge in [-0.05, 0) is 25.0 Å². The zero-order valence-electron chi connectivity index (χ0n) is 9.11. The fourth-order valence-electron chi connectivity index (χ4n) is 1.37. The first-order valence-corrected chi connectivity index (χ1v) is 6.38. The molecule has 4 nitrogen and oxygen atoms in total. The number of nitrogens with one attached hydrogen (secondary N) is 1. The van der Waals surface area contributed by atoms with Gasteiger partial charge in [0.25, 0.3) is 0 Å². The SMILES string of the molecule is CN(Cc1ccc(Cl)s1)C(=NC1CC1)NN. The summed E-state index contributed by atoms with van der Waals surface area (Å²) in [5.41, 5.74) is 2.65. The smallest absolute Gasteiger partial charge is 0.208 e. The Kier molecular flexibility index (Phi) is 3.68. The second-order valence-electron chi connectivity index (χ2n) is 3.89. The summed E-state index contributed by atoms with van der Waals surface area (Å²) in [6.45, 7) is 0.771. The van der Waals surface area contributed by atoms with Crippen molar-refractivity contribution in [3.63, 3.8) is 0 Å². The minimum absolute atomic E-state index is 0.459. The Morgan fingerprint density at radius 2 is 2.44 bits per heavy atom. The molecule has 1 saturated carbocycles. The zero-order valence-corrected chi connectivity index (χ0v) is 10.7. The normalized spacial score (nSPS) is 16.3. The maximum atomic E-state index is 5.88. The number of hydrazine groups is 1. The van der Waals surface area contributed by atoms with Crippen LogP contribution in [-0.2, 0) is 6.54 Å². The molecule has 0 bridgehead atoms. The van der Waals surface area contributed by atoms with Gasteiger partial charge in [0.05, 0.1) is 16.9 Å². The first kappa shape index (κ1) is 11.7. The molecule has 0 spiro atoms. The van der Waals surface area contributed by atoms with Crippen molar-refractivity contribution >= 4 is 28.9 Å². The number of aliphatic imine (C=N–C) groups is 1. The van der Waals surface area contributed by atoms with E-state index < -0.39 is 0 Å². The van der Waals surface area contributed by atoms with Crippen LogP contribution < -0.4 is 11.3 Å². The highest BCUT2D eigenvalue weighted by molar-refractivity contribution is 7.16. The molecular formula is C10H15ClN4S. The largest absolute Gasteiger partial charge is 0.340 e. The summed E-state index contributed by atoms with van der Waals surface area (Å²) < 4.78 is 0.810.